The quantitative estimate of drug-likeness (QED) is 0.822. The Bertz CT molecular complexity index is 699. The maximum absolute atomic E-state index is 12.9. The average Bonchev–Trinajstić information content (AvgIpc) is 2.81. The van der Waals surface area contributed by atoms with E-state index in [0.717, 1.165) is 0 Å². The van der Waals surface area contributed by atoms with Crippen molar-refractivity contribution in [3.63, 3.8) is 0 Å². The number of nitrogens with zero attached hydrogens (tertiary/aromatic N) is 1. The van der Waals surface area contributed by atoms with Crippen molar-refractivity contribution in [2.24, 2.45) is 0 Å². The summed E-state index contributed by atoms with van der Waals surface area (Å²) in [5.74, 6) is -0.411. The molecule has 2 aromatic rings. The summed E-state index contributed by atoms with van der Waals surface area (Å²) in [6.07, 6.45) is 0. The molecular weight excluding hydrogens is 261 g/mol. The predicted molar refractivity (Wildman–Crippen MR) is 72.2 cm³/mol. The highest BCUT2D eigenvalue weighted by atomic mass is 19.1. The number of cyclic esters (lactones) is 1. The van der Waals surface area contributed by atoms with Gasteiger partial charge in [0.25, 0.3) is 0 Å². The molecule has 20 heavy (non-hydrogen) atoms. The number of halogens is 1. The SMILES string of the molecule is Cc1nc(Nc2ccc(F)cc2)c2c(c1N)COC2=O. The van der Waals surface area contributed by atoms with E-state index in [1.807, 2.05) is 0 Å². The number of benzene rings is 1. The number of rotatable bonds is 2. The molecule has 0 radical (unpaired) electrons. The van der Waals surface area contributed by atoms with Crippen molar-refractivity contribution in [1.82, 2.24) is 4.98 Å². The first-order chi connectivity index (χ1) is 9.56. The van der Waals surface area contributed by atoms with E-state index >= 15 is 0 Å². The van der Waals surface area contributed by atoms with Crippen molar-refractivity contribution in [2.75, 3.05) is 11.1 Å². The minimum atomic E-state index is -0.455. The van der Waals surface area contributed by atoms with Crippen LogP contribution in [0.3, 0.4) is 0 Å². The van der Waals surface area contributed by atoms with Crippen LogP contribution in [-0.2, 0) is 11.3 Å². The van der Waals surface area contributed by atoms with Gasteiger partial charge in [-0.25, -0.2) is 14.2 Å². The van der Waals surface area contributed by atoms with Crippen LogP contribution in [0.2, 0.25) is 0 Å². The molecular formula is C14H12FN3O2. The van der Waals surface area contributed by atoms with Gasteiger partial charge in [0.1, 0.15) is 23.8 Å². The Kier molecular flexibility index (Phi) is 2.78. The Hall–Kier alpha value is -2.63. The molecule has 1 aliphatic rings. The molecule has 1 aromatic heterocycles. The highest BCUT2D eigenvalue weighted by Crippen LogP contribution is 2.33. The topological polar surface area (TPSA) is 77.2 Å². The molecule has 2 heterocycles. The van der Waals surface area contributed by atoms with Crippen molar-refractivity contribution in [2.45, 2.75) is 13.5 Å². The van der Waals surface area contributed by atoms with Gasteiger partial charge >= 0.3 is 5.97 Å². The van der Waals surface area contributed by atoms with Crippen LogP contribution >= 0.6 is 0 Å². The van der Waals surface area contributed by atoms with Gasteiger partial charge in [-0.15, -0.1) is 0 Å². The van der Waals surface area contributed by atoms with E-state index < -0.39 is 5.97 Å². The van der Waals surface area contributed by atoms with Crippen LogP contribution in [0.25, 0.3) is 0 Å². The summed E-state index contributed by atoms with van der Waals surface area (Å²) in [5, 5.41) is 3.00. The number of nitrogen functional groups attached to an aromatic ring is 1. The minimum absolute atomic E-state index is 0.154. The zero-order valence-electron chi connectivity index (χ0n) is 10.7. The fourth-order valence-electron chi connectivity index (χ4n) is 2.12. The molecule has 1 aromatic carbocycles. The van der Waals surface area contributed by atoms with Crippen molar-refractivity contribution in [1.29, 1.82) is 0 Å². The number of pyridine rings is 1. The standard InChI is InChI=1S/C14H12FN3O2/c1-7-12(16)10-6-20-14(19)11(10)13(17-7)18-9-4-2-8(15)3-5-9/h2-5H,6,16H2,1H3,(H,17,18). The first kappa shape index (κ1) is 12.4. The van der Waals surface area contributed by atoms with Crippen molar-refractivity contribution in [3.8, 4) is 0 Å². The molecule has 3 rings (SSSR count). The smallest absolute Gasteiger partial charge is 0.342 e. The summed E-state index contributed by atoms with van der Waals surface area (Å²) in [7, 11) is 0. The lowest BCUT2D eigenvalue weighted by atomic mass is 10.1. The van der Waals surface area contributed by atoms with E-state index in [-0.39, 0.29) is 12.4 Å². The number of nitrogens with two attached hydrogens (primary N) is 1. The number of ether oxygens (including phenoxy) is 1. The number of anilines is 3. The molecule has 5 nitrogen and oxygen atoms in total. The molecule has 0 unspecified atom stereocenters. The fourth-order valence-corrected chi connectivity index (χ4v) is 2.12. The van der Waals surface area contributed by atoms with Gasteiger partial charge in [-0.1, -0.05) is 0 Å². The highest BCUT2D eigenvalue weighted by Gasteiger charge is 2.29. The van der Waals surface area contributed by atoms with Gasteiger partial charge in [0.2, 0.25) is 0 Å². The van der Waals surface area contributed by atoms with Gasteiger partial charge in [0, 0.05) is 11.3 Å². The number of aromatic nitrogens is 1. The number of fused-ring (bicyclic) bond motifs is 1. The number of aryl methyl sites for hydroxylation is 1. The summed E-state index contributed by atoms with van der Waals surface area (Å²) in [4.78, 5) is 16.1. The number of hydrogen-bond donors (Lipinski definition) is 2. The number of carbonyl (C=O) groups is 1. The Morgan fingerprint density at radius 1 is 1.35 bits per heavy atom. The maximum atomic E-state index is 12.9. The van der Waals surface area contributed by atoms with Crippen molar-refractivity contribution < 1.29 is 13.9 Å². The third kappa shape index (κ3) is 1.95. The predicted octanol–water partition coefficient (Wildman–Crippen LogP) is 2.53. The molecule has 6 heteroatoms. The Morgan fingerprint density at radius 2 is 2.05 bits per heavy atom. The van der Waals surface area contributed by atoms with Gasteiger partial charge in [0.15, 0.2) is 0 Å². The Morgan fingerprint density at radius 3 is 2.75 bits per heavy atom. The van der Waals surface area contributed by atoms with Crippen molar-refractivity contribution >= 4 is 23.2 Å². The van der Waals surface area contributed by atoms with Gasteiger partial charge in [-0.3, -0.25) is 0 Å². The number of hydrogen-bond acceptors (Lipinski definition) is 5. The molecule has 0 bridgehead atoms. The summed E-state index contributed by atoms with van der Waals surface area (Å²) in [5.41, 5.74) is 8.61. The lowest BCUT2D eigenvalue weighted by Gasteiger charge is -2.11. The average molecular weight is 273 g/mol. The molecule has 0 aliphatic carbocycles. The van der Waals surface area contributed by atoms with Crippen LogP contribution in [-0.4, -0.2) is 11.0 Å². The summed E-state index contributed by atoms with van der Waals surface area (Å²) >= 11 is 0. The number of esters is 1. The van der Waals surface area contributed by atoms with E-state index in [2.05, 4.69) is 10.3 Å². The maximum Gasteiger partial charge on any atom is 0.342 e. The first-order valence-corrected chi connectivity index (χ1v) is 6.05. The van der Waals surface area contributed by atoms with Crippen molar-refractivity contribution in [3.05, 3.63) is 46.9 Å². The number of carbonyl (C=O) groups excluding carboxylic acids is 1. The molecule has 0 saturated heterocycles. The normalized spacial score (nSPS) is 13.0. The summed E-state index contributed by atoms with van der Waals surface area (Å²) in [6.45, 7) is 1.91. The molecule has 0 fully saturated rings. The van der Waals surface area contributed by atoms with Crippen LogP contribution in [0.15, 0.2) is 24.3 Å². The molecule has 102 valence electrons. The monoisotopic (exact) mass is 273 g/mol. The molecule has 0 atom stereocenters. The lowest BCUT2D eigenvalue weighted by Crippen LogP contribution is -2.07. The molecule has 3 N–H and O–H groups in total. The first-order valence-electron chi connectivity index (χ1n) is 6.05. The zero-order valence-corrected chi connectivity index (χ0v) is 10.7. The van der Waals surface area contributed by atoms with E-state index in [0.29, 0.717) is 34.0 Å². The lowest BCUT2D eigenvalue weighted by molar-refractivity contribution is 0.0536. The van der Waals surface area contributed by atoms with Gasteiger partial charge < -0.3 is 15.8 Å². The number of nitrogens with one attached hydrogen (secondary N) is 1. The zero-order chi connectivity index (χ0) is 14.3. The second-order valence-electron chi connectivity index (χ2n) is 4.52. The third-order valence-electron chi connectivity index (χ3n) is 3.19. The van der Waals surface area contributed by atoms with Crippen LogP contribution in [0.4, 0.5) is 21.6 Å². The fraction of sp³-hybridized carbons (Fsp3) is 0.143. The minimum Gasteiger partial charge on any atom is -0.457 e. The van der Waals surface area contributed by atoms with Crippen LogP contribution < -0.4 is 11.1 Å². The Labute approximate surface area is 114 Å². The van der Waals surface area contributed by atoms with E-state index in [1.54, 1.807) is 19.1 Å². The van der Waals surface area contributed by atoms with Crippen LogP contribution in [0, 0.1) is 12.7 Å². The summed E-state index contributed by atoms with van der Waals surface area (Å²) in [6, 6.07) is 5.78. The largest absolute Gasteiger partial charge is 0.457 e. The molecule has 0 saturated carbocycles. The van der Waals surface area contributed by atoms with Gasteiger partial charge in [-0.2, -0.15) is 0 Å². The Balaban J connectivity index is 2.06. The van der Waals surface area contributed by atoms with E-state index in [9.17, 15) is 9.18 Å². The van der Waals surface area contributed by atoms with E-state index in [1.165, 1.54) is 12.1 Å². The van der Waals surface area contributed by atoms with E-state index in [4.69, 9.17) is 10.5 Å². The van der Waals surface area contributed by atoms with Crippen LogP contribution in [0.1, 0.15) is 21.6 Å². The molecule has 0 spiro atoms. The molecule has 1 aliphatic heterocycles. The second kappa shape index (κ2) is 4.48. The third-order valence-corrected chi connectivity index (χ3v) is 3.19. The second-order valence-corrected chi connectivity index (χ2v) is 4.52. The summed E-state index contributed by atoms with van der Waals surface area (Å²) < 4.78 is 17.9. The van der Waals surface area contributed by atoms with Crippen LogP contribution in [0.5, 0.6) is 0 Å². The van der Waals surface area contributed by atoms with Gasteiger partial charge in [-0.05, 0) is 31.2 Å². The molecule has 0 amide bonds. The van der Waals surface area contributed by atoms with Gasteiger partial charge in [0.05, 0.1) is 11.4 Å². The highest BCUT2D eigenvalue weighted by molar-refractivity contribution is 6.00.